The fourth-order valence-corrected chi connectivity index (χ4v) is 2.09. The zero-order valence-electron chi connectivity index (χ0n) is 11.8. The minimum atomic E-state index is -0.565. The van der Waals surface area contributed by atoms with E-state index < -0.39 is 5.82 Å². The Morgan fingerprint density at radius 1 is 1.29 bits per heavy atom. The Labute approximate surface area is 135 Å². The van der Waals surface area contributed by atoms with Crippen molar-refractivity contribution in [2.75, 3.05) is 30.9 Å². The fraction of sp³-hybridized carbons (Fsp3) is 0.308. The average molecular weight is 375 g/mol. The van der Waals surface area contributed by atoms with E-state index in [1.165, 1.54) is 0 Å². The van der Waals surface area contributed by atoms with Crippen LogP contribution in [0.3, 0.4) is 0 Å². The molecule has 0 aliphatic rings. The highest BCUT2D eigenvalue weighted by Crippen LogP contribution is 2.32. The van der Waals surface area contributed by atoms with Crippen molar-refractivity contribution in [2.45, 2.75) is 6.92 Å². The normalized spacial score (nSPS) is 10.6. The second-order valence-corrected chi connectivity index (χ2v) is 5.66. The number of nitrogens with zero attached hydrogens (tertiary/aromatic N) is 4. The maximum Gasteiger partial charge on any atom is 0.230 e. The standard InChI is InChI=1S/C13H14BrClFN5/c1-4-17-12-18-11(19-13(20-12)21(2)3)7-5-6-8(14)9(15)10(7)16/h5-6H,4H2,1-3H3,(H,17,18,19,20). The quantitative estimate of drug-likeness (QED) is 0.829. The molecule has 0 aliphatic carbocycles. The molecule has 1 aromatic carbocycles. The van der Waals surface area contributed by atoms with Crippen molar-refractivity contribution >= 4 is 39.4 Å². The first-order valence-corrected chi connectivity index (χ1v) is 7.42. The summed E-state index contributed by atoms with van der Waals surface area (Å²) >= 11 is 9.10. The lowest BCUT2D eigenvalue weighted by Crippen LogP contribution is -2.16. The van der Waals surface area contributed by atoms with Gasteiger partial charge in [0, 0.05) is 25.1 Å². The summed E-state index contributed by atoms with van der Waals surface area (Å²) in [5.41, 5.74) is 0.229. The van der Waals surface area contributed by atoms with Crippen LogP contribution in [0.4, 0.5) is 16.3 Å². The first-order chi connectivity index (χ1) is 9.93. The molecule has 0 amide bonds. The van der Waals surface area contributed by atoms with E-state index in [1.807, 2.05) is 6.92 Å². The topological polar surface area (TPSA) is 53.9 Å². The number of nitrogens with one attached hydrogen (secondary N) is 1. The van der Waals surface area contributed by atoms with Gasteiger partial charge in [-0.1, -0.05) is 11.6 Å². The molecule has 0 aliphatic heterocycles. The molecule has 0 fully saturated rings. The number of hydrogen-bond donors (Lipinski definition) is 1. The summed E-state index contributed by atoms with van der Waals surface area (Å²) in [7, 11) is 3.61. The van der Waals surface area contributed by atoms with E-state index in [-0.39, 0.29) is 16.4 Å². The molecule has 0 radical (unpaired) electrons. The summed E-state index contributed by atoms with van der Waals surface area (Å²) in [5.74, 6) is 0.500. The Kier molecular flexibility index (Phi) is 4.95. The van der Waals surface area contributed by atoms with E-state index in [4.69, 9.17) is 11.6 Å². The van der Waals surface area contributed by atoms with Crippen LogP contribution in [0.5, 0.6) is 0 Å². The highest BCUT2D eigenvalue weighted by atomic mass is 79.9. The number of halogens is 3. The van der Waals surface area contributed by atoms with E-state index in [0.717, 1.165) is 0 Å². The van der Waals surface area contributed by atoms with Crippen molar-refractivity contribution in [3.05, 3.63) is 27.4 Å². The predicted octanol–water partition coefficient (Wildman–Crippen LogP) is 3.59. The lowest BCUT2D eigenvalue weighted by Gasteiger charge is -2.13. The number of hydrogen-bond acceptors (Lipinski definition) is 5. The number of anilines is 2. The summed E-state index contributed by atoms with van der Waals surface area (Å²) in [4.78, 5) is 14.5. The molecule has 1 N–H and O–H groups in total. The van der Waals surface area contributed by atoms with Gasteiger partial charge in [-0.2, -0.15) is 15.0 Å². The zero-order chi connectivity index (χ0) is 15.6. The molecule has 0 atom stereocenters. The van der Waals surface area contributed by atoms with E-state index in [1.54, 1.807) is 31.1 Å². The van der Waals surface area contributed by atoms with Crippen LogP contribution >= 0.6 is 27.5 Å². The van der Waals surface area contributed by atoms with Gasteiger partial charge in [0.15, 0.2) is 11.6 Å². The minimum absolute atomic E-state index is 0.00400. The monoisotopic (exact) mass is 373 g/mol. The number of benzene rings is 1. The molecule has 2 aromatic rings. The van der Waals surface area contributed by atoms with Crippen LogP contribution in [0.2, 0.25) is 5.02 Å². The highest BCUT2D eigenvalue weighted by molar-refractivity contribution is 9.10. The Hall–Kier alpha value is -1.47. The van der Waals surface area contributed by atoms with Crippen molar-refractivity contribution in [1.29, 1.82) is 0 Å². The lowest BCUT2D eigenvalue weighted by atomic mass is 10.2. The van der Waals surface area contributed by atoms with Crippen molar-refractivity contribution in [3.8, 4) is 11.4 Å². The number of aromatic nitrogens is 3. The molecule has 0 spiro atoms. The van der Waals surface area contributed by atoms with Gasteiger partial charge < -0.3 is 10.2 Å². The molecule has 1 aromatic heterocycles. The van der Waals surface area contributed by atoms with Crippen LogP contribution in [0.15, 0.2) is 16.6 Å². The third-order valence-corrected chi connectivity index (χ3v) is 3.89. The highest BCUT2D eigenvalue weighted by Gasteiger charge is 2.16. The molecule has 0 unspecified atom stereocenters. The van der Waals surface area contributed by atoms with Crippen LogP contribution < -0.4 is 10.2 Å². The summed E-state index contributed by atoms with van der Waals surface area (Å²) in [6.07, 6.45) is 0. The summed E-state index contributed by atoms with van der Waals surface area (Å²) < 4.78 is 14.8. The molecule has 0 bridgehead atoms. The third kappa shape index (κ3) is 3.41. The average Bonchev–Trinajstić information content (AvgIpc) is 2.45. The molecule has 2 rings (SSSR count). The Bertz CT molecular complexity index is 665. The molecular weight excluding hydrogens is 361 g/mol. The van der Waals surface area contributed by atoms with Gasteiger partial charge in [0.1, 0.15) is 0 Å². The molecule has 5 nitrogen and oxygen atoms in total. The van der Waals surface area contributed by atoms with E-state index in [9.17, 15) is 4.39 Å². The first kappa shape index (κ1) is 15.9. The Balaban J connectivity index is 2.60. The van der Waals surface area contributed by atoms with Crippen LogP contribution in [0.25, 0.3) is 11.4 Å². The van der Waals surface area contributed by atoms with Gasteiger partial charge in [0.05, 0.1) is 10.6 Å². The molecule has 0 saturated carbocycles. The van der Waals surface area contributed by atoms with Gasteiger partial charge in [-0.25, -0.2) is 4.39 Å². The third-order valence-electron chi connectivity index (χ3n) is 2.63. The van der Waals surface area contributed by atoms with Crippen molar-refractivity contribution in [3.63, 3.8) is 0 Å². The lowest BCUT2D eigenvalue weighted by molar-refractivity contribution is 0.629. The van der Waals surface area contributed by atoms with Crippen LogP contribution in [-0.2, 0) is 0 Å². The summed E-state index contributed by atoms with van der Waals surface area (Å²) in [6, 6.07) is 3.24. The maximum atomic E-state index is 14.3. The van der Waals surface area contributed by atoms with Gasteiger partial charge >= 0.3 is 0 Å². The van der Waals surface area contributed by atoms with E-state index in [2.05, 4.69) is 36.2 Å². The molecular formula is C13H14BrClFN5. The van der Waals surface area contributed by atoms with E-state index in [0.29, 0.717) is 22.9 Å². The first-order valence-electron chi connectivity index (χ1n) is 6.25. The van der Waals surface area contributed by atoms with Gasteiger partial charge in [-0.05, 0) is 35.0 Å². The van der Waals surface area contributed by atoms with E-state index >= 15 is 0 Å². The van der Waals surface area contributed by atoms with Crippen molar-refractivity contribution < 1.29 is 4.39 Å². The summed E-state index contributed by atoms with van der Waals surface area (Å²) in [6.45, 7) is 2.58. The second kappa shape index (κ2) is 6.53. The predicted molar refractivity (Wildman–Crippen MR) is 86.4 cm³/mol. The molecule has 112 valence electrons. The second-order valence-electron chi connectivity index (χ2n) is 4.43. The molecule has 8 heteroatoms. The van der Waals surface area contributed by atoms with Crippen molar-refractivity contribution in [2.24, 2.45) is 0 Å². The minimum Gasteiger partial charge on any atom is -0.354 e. The SMILES string of the molecule is CCNc1nc(-c2ccc(Br)c(Cl)c2F)nc(N(C)C)n1. The number of rotatable bonds is 4. The molecule has 0 saturated heterocycles. The summed E-state index contributed by atoms with van der Waals surface area (Å²) in [5, 5.41) is 3.01. The maximum absolute atomic E-state index is 14.3. The van der Waals surface area contributed by atoms with Gasteiger partial charge in [0.2, 0.25) is 11.9 Å². The van der Waals surface area contributed by atoms with Crippen molar-refractivity contribution in [1.82, 2.24) is 15.0 Å². The largest absolute Gasteiger partial charge is 0.354 e. The van der Waals surface area contributed by atoms with Gasteiger partial charge in [-0.15, -0.1) is 0 Å². The fourth-order valence-electron chi connectivity index (χ4n) is 1.62. The molecule has 1 heterocycles. The Morgan fingerprint density at radius 2 is 2.00 bits per heavy atom. The molecule has 21 heavy (non-hydrogen) atoms. The smallest absolute Gasteiger partial charge is 0.230 e. The van der Waals surface area contributed by atoms with Crippen LogP contribution in [0, 0.1) is 5.82 Å². The van der Waals surface area contributed by atoms with Gasteiger partial charge in [-0.3, -0.25) is 0 Å². The van der Waals surface area contributed by atoms with Crippen LogP contribution in [0.1, 0.15) is 6.92 Å². The van der Waals surface area contributed by atoms with Gasteiger partial charge in [0.25, 0.3) is 0 Å². The zero-order valence-corrected chi connectivity index (χ0v) is 14.1. The van der Waals surface area contributed by atoms with Crippen LogP contribution in [-0.4, -0.2) is 35.6 Å². The Morgan fingerprint density at radius 3 is 2.62 bits per heavy atom.